The van der Waals surface area contributed by atoms with E-state index in [2.05, 4.69) is 4.99 Å². The van der Waals surface area contributed by atoms with E-state index in [9.17, 15) is 0 Å². The first-order valence-electron chi connectivity index (χ1n) is 4.20. The van der Waals surface area contributed by atoms with Gasteiger partial charge in [0.25, 0.3) is 0 Å². The zero-order valence-corrected chi connectivity index (χ0v) is 8.12. The van der Waals surface area contributed by atoms with E-state index in [1.54, 1.807) is 6.20 Å². The van der Waals surface area contributed by atoms with Gasteiger partial charge in [-0.3, -0.25) is 0 Å². The SMILES string of the molecule is C/C=C\N=C(C)N(C)CCCO. The van der Waals surface area contributed by atoms with Gasteiger partial charge in [0.2, 0.25) is 0 Å². The van der Waals surface area contributed by atoms with Crippen molar-refractivity contribution in [2.45, 2.75) is 20.3 Å². The van der Waals surface area contributed by atoms with Gasteiger partial charge in [0.05, 0.1) is 0 Å². The van der Waals surface area contributed by atoms with Crippen LogP contribution in [-0.4, -0.2) is 36.0 Å². The Bertz CT molecular complexity index is 164. The quantitative estimate of drug-likeness (QED) is 0.509. The van der Waals surface area contributed by atoms with Crippen LogP contribution in [0.15, 0.2) is 17.3 Å². The van der Waals surface area contributed by atoms with Gasteiger partial charge >= 0.3 is 0 Å². The minimum absolute atomic E-state index is 0.237. The van der Waals surface area contributed by atoms with Crippen molar-refractivity contribution in [3.8, 4) is 0 Å². The van der Waals surface area contributed by atoms with Crippen LogP contribution in [0.5, 0.6) is 0 Å². The van der Waals surface area contributed by atoms with Gasteiger partial charge < -0.3 is 10.0 Å². The van der Waals surface area contributed by atoms with Crippen molar-refractivity contribution in [2.75, 3.05) is 20.2 Å². The number of nitrogens with zero attached hydrogens (tertiary/aromatic N) is 2. The maximum absolute atomic E-state index is 8.59. The molecule has 0 unspecified atom stereocenters. The van der Waals surface area contributed by atoms with E-state index in [4.69, 9.17) is 5.11 Å². The van der Waals surface area contributed by atoms with E-state index in [-0.39, 0.29) is 6.61 Å². The van der Waals surface area contributed by atoms with Gasteiger partial charge in [0.15, 0.2) is 0 Å². The average molecular weight is 170 g/mol. The third-order valence-corrected chi connectivity index (χ3v) is 1.61. The highest BCUT2D eigenvalue weighted by Gasteiger charge is 1.97. The largest absolute Gasteiger partial charge is 0.396 e. The number of hydrogen-bond acceptors (Lipinski definition) is 2. The molecule has 70 valence electrons. The number of hydrogen-bond donors (Lipinski definition) is 1. The summed E-state index contributed by atoms with van der Waals surface area (Å²) in [6.45, 7) is 4.98. The Labute approximate surface area is 74.4 Å². The number of aliphatic hydroxyl groups excluding tert-OH is 1. The molecule has 0 heterocycles. The van der Waals surface area contributed by atoms with Crippen molar-refractivity contribution in [3.63, 3.8) is 0 Å². The molecule has 0 aliphatic heterocycles. The first-order valence-corrected chi connectivity index (χ1v) is 4.20. The predicted octanol–water partition coefficient (Wildman–Crippen LogP) is 1.25. The van der Waals surface area contributed by atoms with Gasteiger partial charge in [-0.1, -0.05) is 6.08 Å². The standard InChI is InChI=1S/C9H18N2O/c1-4-6-10-9(2)11(3)7-5-8-12/h4,6,12H,5,7-8H2,1-3H3/b6-4-,10-9?. The molecule has 0 bridgehead atoms. The first-order chi connectivity index (χ1) is 5.72. The molecule has 0 aliphatic carbocycles. The zero-order valence-electron chi connectivity index (χ0n) is 8.12. The number of amidine groups is 1. The maximum Gasteiger partial charge on any atom is 0.101 e. The van der Waals surface area contributed by atoms with Gasteiger partial charge in [-0.15, -0.1) is 0 Å². The van der Waals surface area contributed by atoms with Crippen LogP contribution in [0.3, 0.4) is 0 Å². The molecule has 0 aromatic carbocycles. The monoisotopic (exact) mass is 170 g/mol. The lowest BCUT2D eigenvalue weighted by atomic mass is 10.4. The van der Waals surface area contributed by atoms with Crippen LogP contribution in [-0.2, 0) is 0 Å². The Morgan fingerprint density at radius 3 is 2.75 bits per heavy atom. The summed E-state index contributed by atoms with van der Waals surface area (Å²) >= 11 is 0. The topological polar surface area (TPSA) is 35.8 Å². The van der Waals surface area contributed by atoms with E-state index >= 15 is 0 Å². The molecule has 0 aliphatic rings. The highest BCUT2D eigenvalue weighted by Crippen LogP contribution is 1.90. The minimum atomic E-state index is 0.237. The third kappa shape index (κ3) is 4.91. The molecule has 0 saturated carbocycles. The van der Waals surface area contributed by atoms with Crippen LogP contribution in [0.2, 0.25) is 0 Å². The maximum atomic E-state index is 8.59. The predicted molar refractivity (Wildman–Crippen MR) is 52.3 cm³/mol. The molecule has 0 radical (unpaired) electrons. The summed E-state index contributed by atoms with van der Waals surface area (Å²) in [6.07, 6.45) is 4.45. The molecular formula is C9H18N2O. The summed E-state index contributed by atoms with van der Waals surface area (Å²) in [7, 11) is 1.97. The van der Waals surface area contributed by atoms with E-state index in [1.807, 2.05) is 31.9 Å². The second-order valence-corrected chi connectivity index (χ2v) is 2.66. The summed E-state index contributed by atoms with van der Waals surface area (Å²) in [5.74, 6) is 0.974. The smallest absolute Gasteiger partial charge is 0.101 e. The van der Waals surface area contributed by atoms with Gasteiger partial charge in [0, 0.05) is 26.4 Å². The normalized spacial score (nSPS) is 12.5. The van der Waals surface area contributed by atoms with E-state index in [0.717, 1.165) is 18.8 Å². The number of allylic oxidation sites excluding steroid dienone is 1. The molecule has 0 aromatic heterocycles. The molecule has 0 aromatic rings. The lowest BCUT2D eigenvalue weighted by molar-refractivity contribution is 0.274. The molecule has 0 atom stereocenters. The average Bonchev–Trinajstić information content (AvgIpc) is 2.10. The fourth-order valence-electron chi connectivity index (χ4n) is 0.751. The van der Waals surface area contributed by atoms with E-state index < -0.39 is 0 Å². The molecule has 3 nitrogen and oxygen atoms in total. The van der Waals surface area contributed by atoms with Gasteiger partial charge in [-0.05, 0) is 20.3 Å². The molecule has 12 heavy (non-hydrogen) atoms. The summed E-state index contributed by atoms with van der Waals surface area (Å²) < 4.78 is 0. The fraction of sp³-hybridized carbons (Fsp3) is 0.667. The first kappa shape index (κ1) is 11.2. The molecule has 0 fully saturated rings. The number of aliphatic imine (C=N–C) groups is 1. The van der Waals surface area contributed by atoms with Gasteiger partial charge in [-0.25, -0.2) is 4.99 Å². The van der Waals surface area contributed by atoms with E-state index in [1.165, 1.54) is 0 Å². The Balaban J connectivity index is 3.82. The Morgan fingerprint density at radius 1 is 1.58 bits per heavy atom. The van der Waals surface area contributed by atoms with Crippen molar-refractivity contribution in [1.82, 2.24) is 4.90 Å². The summed E-state index contributed by atoms with van der Waals surface area (Å²) in [4.78, 5) is 6.20. The second-order valence-electron chi connectivity index (χ2n) is 2.66. The summed E-state index contributed by atoms with van der Waals surface area (Å²) in [6, 6.07) is 0. The highest BCUT2D eigenvalue weighted by molar-refractivity contribution is 5.79. The molecule has 0 amide bonds. The lowest BCUT2D eigenvalue weighted by Crippen LogP contribution is -2.25. The van der Waals surface area contributed by atoms with Crippen molar-refractivity contribution >= 4 is 5.84 Å². The number of rotatable bonds is 4. The van der Waals surface area contributed by atoms with E-state index in [0.29, 0.717) is 0 Å². The van der Waals surface area contributed by atoms with Crippen molar-refractivity contribution in [1.29, 1.82) is 0 Å². The lowest BCUT2D eigenvalue weighted by Gasteiger charge is -2.16. The zero-order chi connectivity index (χ0) is 9.40. The highest BCUT2D eigenvalue weighted by atomic mass is 16.3. The molecule has 3 heteroatoms. The summed E-state index contributed by atoms with van der Waals surface area (Å²) in [5.41, 5.74) is 0. The molecule has 1 N–H and O–H groups in total. The van der Waals surface area contributed by atoms with Crippen LogP contribution in [0.25, 0.3) is 0 Å². The van der Waals surface area contributed by atoms with Crippen LogP contribution in [0, 0.1) is 0 Å². The second kappa shape index (κ2) is 6.85. The Kier molecular flexibility index (Phi) is 6.38. The molecule has 0 spiro atoms. The molecule has 0 saturated heterocycles. The third-order valence-electron chi connectivity index (χ3n) is 1.61. The Hall–Kier alpha value is -0.830. The number of aliphatic hydroxyl groups is 1. The minimum Gasteiger partial charge on any atom is -0.396 e. The summed E-state index contributed by atoms with van der Waals surface area (Å²) in [5, 5.41) is 8.59. The van der Waals surface area contributed by atoms with Crippen LogP contribution < -0.4 is 0 Å². The van der Waals surface area contributed by atoms with Gasteiger partial charge in [0.1, 0.15) is 5.84 Å². The van der Waals surface area contributed by atoms with Crippen molar-refractivity contribution in [2.24, 2.45) is 4.99 Å². The van der Waals surface area contributed by atoms with Gasteiger partial charge in [-0.2, -0.15) is 0 Å². The van der Waals surface area contributed by atoms with Crippen LogP contribution in [0.4, 0.5) is 0 Å². The molecule has 0 rings (SSSR count). The molecular weight excluding hydrogens is 152 g/mol. The van der Waals surface area contributed by atoms with Crippen molar-refractivity contribution < 1.29 is 5.11 Å². The van der Waals surface area contributed by atoms with Crippen LogP contribution >= 0.6 is 0 Å². The fourth-order valence-corrected chi connectivity index (χ4v) is 0.751. The Morgan fingerprint density at radius 2 is 2.25 bits per heavy atom. The van der Waals surface area contributed by atoms with Crippen LogP contribution in [0.1, 0.15) is 20.3 Å². The van der Waals surface area contributed by atoms with Crippen molar-refractivity contribution in [3.05, 3.63) is 12.3 Å².